The third kappa shape index (κ3) is 2.84. The van der Waals surface area contributed by atoms with E-state index in [1.165, 1.54) is 23.4 Å². The molecule has 1 aliphatic rings. The lowest BCUT2D eigenvalue weighted by atomic mass is 10.0. The maximum absolute atomic E-state index is 3.58. The maximum Gasteiger partial charge on any atom is 0.0303 e. The topological polar surface area (TPSA) is 24.1 Å². The van der Waals surface area contributed by atoms with Crippen LogP contribution in [0.15, 0.2) is 11.4 Å². The predicted molar refractivity (Wildman–Crippen MR) is 71.0 cm³/mol. The molecule has 0 aromatic carbocycles. The second-order valence-corrected chi connectivity index (χ2v) is 5.68. The highest BCUT2D eigenvalue weighted by Gasteiger charge is 2.21. The Bertz CT molecular complexity index is 321. The van der Waals surface area contributed by atoms with E-state index in [0.717, 1.165) is 25.4 Å². The van der Waals surface area contributed by atoms with Crippen LogP contribution in [0.3, 0.4) is 0 Å². The van der Waals surface area contributed by atoms with Crippen LogP contribution in [0.1, 0.15) is 30.7 Å². The number of nitrogens with one attached hydrogen (secondary N) is 2. The molecule has 3 heteroatoms. The molecule has 2 nitrogen and oxygen atoms in total. The van der Waals surface area contributed by atoms with Gasteiger partial charge in [0, 0.05) is 24.0 Å². The van der Waals surface area contributed by atoms with E-state index < -0.39 is 0 Å². The van der Waals surface area contributed by atoms with E-state index in [9.17, 15) is 0 Å². The molecule has 1 aromatic rings. The van der Waals surface area contributed by atoms with Gasteiger partial charge in [-0.1, -0.05) is 13.8 Å². The monoisotopic (exact) mass is 238 g/mol. The first kappa shape index (κ1) is 12.1. The Morgan fingerprint density at radius 2 is 2.44 bits per heavy atom. The highest BCUT2D eigenvalue weighted by atomic mass is 32.1. The van der Waals surface area contributed by atoms with Gasteiger partial charge in [0.15, 0.2) is 0 Å². The summed E-state index contributed by atoms with van der Waals surface area (Å²) in [5, 5.41) is 9.34. The maximum atomic E-state index is 3.58. The zero-order valence-electron chi connectivity index (χ0n) is 10.3. The molecule has 0 amide bonds. The highest BCUT2D eigenvalue weighted by molar-refractivity contribution is 7.10. The van der Waals surface area contributed by atoms with Gasteiger partial charge in [-0.2, -0.15) is 0 Å². The molecule has 1 fully saturated rings. The van der Waals surface area contributed by atoms with Crippen LogP contribution in [-0.2, 0) is 13.0 Å². The van der Waals surface area contributed by atoms with Crippen molar-refractivity contribution in [1.82, 2.24) is 10.6 Å². The Balaban J connectivity index is 1.75. The summed E-state index contributed by atoms with van der Waals surface area (Å²) < 4.78 is 0. The summed E-state index contributed by atoms with van der Waals surface area (Å²) in [5.41, 5.74) is 1.50. The van der Waals surface area contributed by atoms with Crippen LogP contribution >= 0.6 is 11.3 Å². The van der Waals surface area contributed by atoms with Crippen molar-refractivity contribution < 1.29 is 0 Å². The standard InChI is InChI=1S/C13H22N2S/c1-3-11-5-7-16-13(11)9-14-8-12-10(2)4-6-15-12/h5,7,10,12,14-15H,3-4,6,8-9H2,1-2H3. The second kappa shape index (κ2) is 5.80. The molecule has 0 aliphatic carbocycles. The van der Waals surface area contributed by atoms with Gasteiger partial charge in [0.1, 0.15) is 0 Å². The third-order valence-corrected chi connectivity index (χ3v) is 4.52. The molecular weight excluding hydrogens is 216 g/mol. The minimum absolute atomic E-state index is 0.671. The van der Waals surface area contributed by atoms with E-state index in [2.05, 4.69) is 35.9 Å². The number of hydrogen-bond donors (Lipinski definition) is 2. The van der Waals surface area contributed by atoms with E-state index >= 15 is 0 Å². The summed E-state index contributed by atoms with van der Waals surface area (Å²) in [5.74, 6) is 0.821. The van der Waals surface area contributed by atoms with Crippen molar-refractivity contribution in [3.8, 4) is 0 Å². The number of thiophene rings is 1. The molecule has 2 unspecified atom stereocenters. The molecule has 0 spiro atoms. The van der Waals surface area contributed by atoms with Crippen LogP contribution in [0.4, 0.5) is 0 Å². The average Bonchev–Trinajstić information content (AvgIpc) is 2.88. The third-order valence-electron chi connectivity index (χ3n) is 3.56. The van der Waals surface area contributed by atoms with E-state index in [1.54, 1.807) is 0 Å². The van der Waals surface area contributed by atoms with Crippen molar-refractivity contribution in [3.05, 3.63) is 21.9 Å². The molecular formula is C13H22N2S. The Hall–Kier alpha value is -0.380. The number of hydrogen-bond acceptors (Lipinski definition) is 3. The first-order chi connectivity index (χ1) is 7.81. The summed E-state index contributed by atoms with van der Waals surface area (Å²) >= 11 is 1.87. The van der Waals surface area contributed by atoms with E-state index in [0.29, 0.717) is 6.04 Å². The van der Waals surface area contributed by atoms with Gasteiger partial charge in [0.05, 0.1) is 0 Å². The Labute approximate surface area is 102 Å². The molecule has 2 heterocycles. The fourth-order valence-corrected chi connectivity index (χ4v) is 3.30. The van der Waals surface area contributed by atoms with Gasteiger partial charge in [-0.25, -0.2) is 0 Å². The molecule has 1 saturated heterocycles. The molecule has 1 aromatic heterocycles. The summed E-state index contributed by atoms with van der Waals surface area (Å²) in [6.07, 6.45) is 2.48. The van der Waals surface area contributed by atoms with Crippen molar-refractivity contribution in [2.75, 3.05) is 13.1 Å². The average molecular weight is 238 g/mol. The molecule has 0 bridgehead atoms. The van der Waals surface area contributed by atoms with Crippen molar-refractivity contribution in [2.45, 2.75) is 39.3 Å². The lowest BCUT2D eigenvalue weighted by Gasteiger charge is -2.16. The van der Waals surface area contributed by atoms with E-state index in [1.807, 2.05) is 11.3 Å². The lowest BCUT2D eigenvalue weighted by Crippen LogP contribution is -2.36. The minimum Gasteiger partial charge on any atom is -0.312 e. The van der Waals surface area contributed by atoms with Gasteiger partial charge >= 0.3 is 0 Å². The minimum atomic E-state index is 0.671. The molecule has 2 rings (SSSR count). The molecule has 1 aliphatic heterocycles. The van der Waals surface area contributed by atoms with Gasteiger partial charge < -0.3 is 10.6 Å². The summed E-state index contributed by atoms with van der Waals surface area (Å²) in [4.78, 5) is 1.51. The fourth-order valence-electron chi connectivity index (χ4n) is 2.35. The van der Waals surface area contributed by atoms with Crippen LogP contribution in [-0.4, -0.2) is 19.1 Å². The molecule has 90 valence electrons. The second-order valence-electron chi connectivity index (χ2n) is 4.68. The van der Waals surface area contributed by atoms with Crippen molar-refractivity contribution in [1.29, 1.82) is 0 Å². The normalized spacial score (nSPS) is 25.1. The lowest BCUT2D eigenvalue weighted by molar-refractivity contribution is 0.449. The Kier molecular flexibility index (Phi) is 4.38. The van der Waals surface area contributed by atoms with Gasteiger partial charge in [0.2, 0.25) is 0 Å². The van der Waals surface area contributed by atoms with Crippen molar-refractivity contribution in [2.24, 2.45) is 5.92 Å². The molecule has 2 N–H and O–H groups in total. The molecule has 0 saturated carbocycles. The highest BCUT2D eigenvalue weighted by Crippen LogP contribution is 2.17. The van der Waals surface area contributed by atoms with Crippen LogP contribution in [0.5, 0.6) is 0 Å². The SMILES string of the molecule is CCc1ccsc1CNCC1NCCC1C. The van der Waals surface area contributed by atoms with E-state index in [-0.39, 0.29) is 0 Å². The summed E-state index contributed by atoms with van der Waals surface area (Å²) in [7, 11) is 0. The van der Waals surface area contributed by atoms with Gasteiger partial charge in [-0.15, -0.1) is 11.3 Å². The van der Waals surface area contributed by atoms with Crippen LogP contribution in [0, 0.1) is 5.92 Å². The van der Waals surface area contributed by atoms with Crippen LogP contribution in [0.2, 0.25) is 0 Å². The zero-order valence-corrected chi connectivity index (χ0v) is 11.1. The molecule has 2 atom stereocenters. The fraction of sp³-hybridized carbons (Fsp3) is 0.692. The Morgan fingerprint density at radius 1 is 1.56 bits per heavy atom. The first-order valence-electron chi connectivity index (χ1n) is 6.30. The molecule has 0 radical (unpaired) electrons. The van der Waals surface area contributed by atoms with Crippen molar-refractivity contribution >= 4 is 11.3 Å². The van der Waals surface area contributed by atoms with Crippen LogP contribution in [0.25, 0.3) is 0 Å². The smallest absolute Gasteiger partial charge is 0.0303 e. The molecule has 16 heavy (non-hydrogen) atoms. The Morgan fingerprint density at radius 3 is 3.12 bits per heavy atom. The quantitative estimate of drug-likeness (QED) is 0.823. The zero-order chi connectivity index (χ0) is 11.4. The van der Waals surface area contributed by atoms with Crippen LogP contribution < -0.4 is 10.6 Å². The summed E-state index contributed by atoms with van der Waals surface area (Å²) in [6.45, 7) is 7.89. The van der Waals surface area contributed by atoms with E-state index in [4.69, 9.17) is 0 Å². The number of aryl methyl sites for hydroxylation is 1. The largest absolute Gasteiger partial charge is 0.312 e. The summed E-state index contributed by atoms with van der Waals surface area (Å²) in [6, 6.07) is 2.92. The van der Waals surface area contributed by atoms with Gasteiger partial charge in [-0.3, -0.25) is 0 Å². The first-order valence-corrected chi connectivity index (χ1v) is 7.18. The number of rotatable bonds is 5. The van der Waals surface area contributed by atoms with Gasteiger partial charge in [-0.05, 0) is 42.3 Å². The van der Waals surface area contributed by atoms with Crippen molar-refractivity contribution in [3.63, 3.8) is 0 Å². The van der Waals surface area contributed by atoms with Gasteiger partial charge in [0.25, 0.3) is 0 Å². The predicted octanol–water partition coefficient (Wildman–Crippen LogP) is 2.40.